The summed E-state index contributed by atoms with van der Waals surface area (Å²) in [6, 6.07) is 6.14. The Balaban J connectivity index is 1.88. The molecule has 1 aromatic carbocycles. The largest absolute Gasteiger partial charge is 0.469 e. The van der Waals surface area contributed by atoms with Crippen LogP contribution in [0.15, 0.2) is 18.2 Å². The zero-order valence-electron chi connectivity index (χ0n) is 16.6. The van der Waals surface area contributed by atoms with Crippen molar-refractivity contribution >= 4 is 27.8 Å². The number of hydrogen-bond acceptors (Lipinski definition) is 3. The molecule has 27 heavy (non-hydrogen) atoms. The Morgan fingerprint density at radius 2 is 1.89 bits per heavy atom. The lowest BCUT2D eigenvalue weighted by molar-refractivity contribution is -0.141. The number of rotatable bonds is 12. The van der Waals surface area contributed by atoms with Crippen LogP contribution in [0, 0.1) is 0 Å². The number of ether oxygens (including phenoxy) is 1. The number of carbonyl (C=O) groups excluding carboxylic acids is 2. The number of esters is 1. The molecule has 0 saturated carbocycles. The molecule has 1 aliphatic rings. The van der Waals surface area contributed by atoms with Crippen LogP contribution in [-0.2, 0) is 22.5 Å². The molecule has 0 radical (unpaired) electrons. The first-order valence-corrected chi connectivity index (χ1v) is 11.2. The summed E-state index contributed by atoms with van der Waals surface area (Å²) in [5, 5.41) is 1.10. The summed E-state index contributed by atoms with van der Waals surface area (Å²) >= 11 is 3.48. The maximum atomic E-state index is 12.8. The molecule has 0 aromatic heterocycles. The zero-order chi connectivity index (χ0) is 19.6. The third-order valence-electron chi connectivity index (χ3n) is 5.45. The fourth-order valence-corrected chi connectivity index (χ4v) is 4.11. The van der Waals surface area contributed by atoms with E-state index in [0.29, 0.717) is 19.4 Å². The van der Waals surface area contributed by atoms with Crippen LogP contribution in [0.4, 0.5) is 0 Å². The number of hydrogen-bond donors (Lipinski definition) is 0. The van der Waals surface area contributed by atoms with Gasteiger partial charge in [0.1, 0.15) is 0 Å². The predicted molar refractivity (Wildman–Crippen MR) is 112 cm³/mol. The van der Waals surface area contributed by atoms with Crippen molar-refractivity contribution in [3.8, 4) is 0 Å². The SMILES string of the molecule is COC(=O)CCC(C)N1Cc2c(CCCCCCCCBr)cccc2C1=O. The average molecular weight is 438 g/mol. The normalized spacial score (nSPS) is 14.3. The van der Waals surface area contributed by atoms with Crippen molar-refractivity contribution in [3.63, 3.8) is 0 Å². The Labute approximate surface area is 171 Å². The Morgan fingerprint density at radius 1 is 1.19 bits per heavy atom. The quantitative estimate of drug-likeness (QED) is 0.254. The van der Waals surface area contributed by atoms with Crippen LogP contribution in [0.3, 0.4) is 0 Å². The summed E-state index contributed by atoms with van der Waals surface area (Å²) < 4.78 is 4.71. The van der Waals surface area contributed by atoms with E-state index >= 15 is 0 Å². The van der Waals surface area contributed by atoms with Crippen molar-refractivity contribution in [2.45, 2.75) is 77.3 Å². The summed E-state index contributed by atoms with van der Waals surface area (Å²) in [7, 11) is 1.40. The maximum absolute atomic E-state index is 12.8. The van der Waals surface area contributed by atoms with E-state index in [0.717, 1.165) is 17.3 Å². The molecular weight excluding hydrogens is 406 g/mol. The molecule has 0 N–H and O–H groups in total. The Morgan fingerprint density at radius 3 is 2.59 bits per heavy atom. The standard InChI is InChI=1S/C22H32BrNO3/c1-17(13-14-21(25)27-2)24-16-20-18(11-9-12-19(20)22(24)26)10-7-5-3-4-6-8-15-23/h9,11-12,17H,3-8,10,13-16H2,1-2H3. The molecule has 0 saturated heterocycles. The van der Waals surface area contributed by atoms with Gasteiger partial charge < -0.3 is 9.64 Å². The summed E-state index contributed by atoms with van der Waals surface area (Å²) in [5.74, 6) is -0.123. The monoisotopic (exact) mass is 437 g/mol. The van der Waals surface area contributed by atoms with Crippen LogP contribution >= 0.6 is 15.9 Å². The Hall–Kier alpha value is -1.36. The van der Waals surface area contributed by atoms with E-state index in [1.807, 2.05) is 24.0 Å². The minimum absolute atomic E-state index is 0.0336. The third-order valence-corrected chi connectivity index (χ3v) is 6.01. The smallest absolute Gasteiger partial charge is 0.305 e. The van der Waals surface area contributed by atoms with Gasteiger partial charge in [-0.15, -0.1) is 0 Å². The van der Waals surface area contributed by atoms with E-state index < -0.39 is 0 Å². The van der Waals surface area contributed by atoms with E-state index in [1.54, 1.807) is 0 Å². The number of fused-ring (bicyclic) bond motifs is 1. The van der Waals surface area contributed by atoms with Crippen LogP contribution in [-0.4, -0.2) is 35.3 Å². The van der Waals surface area contributed by atoms with Gasteiger partial charge in [0, 0.05) is 29.9 Å². The molecule has 0 bridgehead atoms. The lowest BCUT2D eigenvalue weighted by atomic mass is 9.98. The van der Waals surface area contributed by atoms with Crippen molar-refractivity contribution in [1.82, 2.24) is 4.90 Å². The molecular formula is C22H32BrNO3. The molecule has 1 heterocycles. The van der Waals surface area contributed by atoms with E-state index in [9.17, 15) is 9.59 Å². The molecule has 5 heteroatoms. The van der Waals surface area contributed by atoms with Crippen LogP contribution in [0.25, 0.3) is 0 Å². The molecule has 1 amide bonds. The van der Waals surface area contributed by atoms with Crippen LogP contribution in [0.1, 0.15) is 79.8 Å². The number of unbranched alkanes of at least 4 members (excludes halogenated alkanes) is 5. The van der Waals surface area contributed by atoms with Crippen molar-refractivity contribution in [1.29, 1.82) is 0 Å². The van der Waals surface area contributed by atoms with E-state index in [2.05, 4.69) is 22.0 Å². The summed E-state index contributed by atoms with van der Waals surface area (Å²) in [5.41, 5.74) is 3.34. The molecule has 0 aliphatic carbocycles. The molecule has 2 rings (SSSR count). The van der Waals surface area contributed by atoms with Crippen molar-refractivity contribution in [2.24, 2.45) is 0 Å². The number of aryl methyl sites for hydroxylation is 1. The number of methoxy groups -OCH3 is 1. The predicted octanol–water partition coefficient (Wildman–Crippen LogP) is 5.26. The minimum Gasteiger partial charge on any atom is -0.469 e. The van der Waals surface area contributed by atoms with Gasteiger partial charge >= 0.3 is 5.97 Å². The topological polar surface area (TPSA) is 46.6 Å². The number of alkyl halides is 1. The molecule has 0 spiro atoms. The highest BCUT2D eigenvalue weighted by atomic mass is 79.9. The highest BCUT2D eigenvalue weighted by molar-refractivity contribution is 9.09. The third kappa shape index (κ3) is 6.34. The van der Waals surface area contributed by atoms with Crippen LogP contribution in [0.2, 0.25) is 0 Å². The number of benzene rings is 1. The van der Waals surface area contributed by atoms with Gasteiger partial charge in [-0.05, 0) is 49.8 Å². The molecule has 1 aromatic rings. The summed E-state index contributed by atoms with van der Waals surface area (Å²) in [4.78, 5) is 26.1. The van der Waals surface area contributed by atoms with E-state index in [-0.39, 0.29) is 17.9 Å². The van der Waals surface area contributed by atoms with Crippen LogP contribution < -0.4 is 0 Å². The Kier molecular flexibility index (Phi) is 9.32. The van der Waals surface area contributed by atoms with E-state index in [1.165, 1.54) is 56.8 Å². The van der Waals surface area contributed by atoms with Gasteiger partial charge in [-0.1, -0.05) is 53.7 Å². The molecule has 1 unspecified atom stereocenters. The molecule has 1 aliphatic heterocycles. The number of carbonyl (C=O) groups is 2. The maximum Gasteiger partial charge on any atom is 0.305 e. The van der Waals surface area contributed by atoms with Crippen molar-refractivity contribution in [3.05, 3.63) is 34.9 Å². The molecule has 150 valence electrons. The molecule has 1 atom stereocenters. The second-order valence-electron chi connectivity index (χ2n) is 7.40. The van der Waals surface area contributed by atoms with Gasteiger partial charge in [0.15, 0.2) is 0 Å². The van der Waals surface area contributed by atoms with Gasteiger partial charge in [0.25, 0.3) is 5.91 Å². The zero-order valence-corrected chi connectivity index (χ0v) is 18.2. The van der Waals surface area contributed by atoms with E-state index in [4.69, 9.17) is 4.74 Å². The van der Waals surface area contributed by atoms with Crippen molar-refractivity contribution in [2.75, 3.05) is 12.4 Å². The first-order chi connectivity index (χ1) is 13.1. The molecule has 4 nitrogen and oxygen atoms in total. The minimum atomic E-state index is -0.220. The average Bonchev–Trinajstić information content (AvgIpc) is 3.02. The van der Waals surface area contributed by atoms with Gasteiger partial charge in [0.2, 0.25) is 0 Å². The fraction of sp³-hybridized carbons (Fsp3) is 0.636. The van der Waals surface area contributed by atoms with Gasteiger partial charge in [-0.3, -0.25) is 9.59 Å². The number of halogens is 1. The second-order valence-corrected chi connectivity index (χ2v) is 8.19. The highest BCUT2D eigenvalue weighted by Crippen LogP contribution is 2.29. The lowest BCUT2D eigenvalue weighted by Crippen LogP contribution is -2.33. The summed E-state index contributed by atoms with van der Waals surface area (Å²) in [6.07, 6.45) is 9.61. The van der Waals surface area contributed by atoms with Crippen molar-refractivity contribution < 1.29 is 14.3 Å². The Bertz CT molecular complexity index is 632. The lowest BCUT2D eigenvalue weighted by Gasteiger charge is -2.24. The fourth-order valence-electron chi connectivity index (χ4n) is 3.71. The van der Waals surface area contributed by atoms with Gasteiger partial charge in [-0.25, -0.2) is 0 Å². The second kappa shape index (κ2) is 11.5. The number of nitrogens with zero attached hydrogens (tertiary/aromatic N) is 1. The number of amides is 1. The molecule has 0 fully saturated rings. The first kappa shape index (κ1) is 21.9. The van der Waals surface area contributed by atoms with Crippen LogP contribution in [0.5, 0.6) is 0 Å². The highest BCUT2D eigenvalue weighted by Gasteiger charge is 2.32. The van der Waals surface area contributed by atoms with Gasteiger partial charge in [0.05, 0.1) is 7.11 Å². The summed E-state index contributed by atoms with van der Waals surface area (Å²) in [6.45, 7) is 2.68. The van der Waals surface area contributed by atoms with Gasteiger partial charge in [-0.2, -0.15) is 0 Å². The first-order valence-electron chi connectivity index (χ1n) is 10.1.